The van der Waals surface area contributed by atoms with Gasteiger partial charge in [-0.3, -0.25) is 0 Å². The number of pyridine rings is 1. The molecule has 3 nitrogen and oxygen atoms in total. The summed E-state index contributed by atoms with van der Waals surface area (Å²) in [4.78, 5) is 3.45. The molecule has 0 radical (unpaired) electrons. The first kappa shape index (κ1) is 14.5. The molecule has 20 heavy (non-hydrogen) atoms. The van der Waals surface area contributed by atoms with E-state index in [-0.39, 0.29) is 16.2 Å². The molecular weight excluding hydrogens is 291 g/mol. The summed E-state index contributed by atoms with van der Waals surface area (Å²) < 4.78 is 61.2. The van der Waals surface area contributed by atoms with Crippen LogP contribution in [-0.4, -0.2) is 19.7 Å². The Balaban J connectivity index is 2.65. The van der Waals surface area contributed by atoms with E-state index in [0.29, 0.717) is 0 Å². The average Bonchev–Trinajstić information content (AvgIpc) is 2.37. The molecule has 0 unspecified atom stereocenters. The van der Waals surface area contributed by atoms with Crippen LogP contribution in [0.1, 0.15) is 5.69 Å². The standard InChI is InChI=1S/C13H10F3NO2S/c1-20(18,19)11-7-3-2-5-9(11)10-6-4-8-12(17-10)13(14,15)16/h2-8H,1H3. The van der Waals surface area contributed by atoms with Gasteiger partial charge in [0.2, 0.25) is 0 Å². The van der Waals surface area contributed by atoms with Crippen LogP contribution >= 0.6 is 0 Å². The molecule has 0 spiro atoms. The van der Waals surface area contributed by atoms with Gasteiger partial charge in [-0.1, -0.05) is 24.3 Å². The first-order chi connectivity index (χ1) is 9.19. The summed E-state index contributed by atoms with van der Waals surface area (Å²) in [5, 5.41) is 0. The largest absolute Gasteiger partial charge is 0.433 e. The molecule has 0 N–H and O–H groups in total. The van der Waals surface area contributed by atoms with Crippen molar-refractivity contribution in [2.75, 3.05) is 6.26 Å². The van der Waals surface area contributed by atoms with Crippen molar-refractivity contribution in [3.8, 4) is 11.3 Å². The fourth-order valence-electron chi connectivity index (χ4n) is 1.74. The van der Waals surface area contributed by atoms with Crippen molar-refractivity contribution in [3.05, 3.63) is 48.2 Å². The average molecular weight is 301 g/mol. The van der Waals surface area contributed by atoms with Gasteiger partial charge in [0, 0.05) is 11.8 Å². The summed E-state index contributed by atoms with van der Waals surface area (Å²) in [5.74, 6) is 0. The van der Waals surface area contributed by atoms with Gasteiger partial charge in [-0.15, -0.1) is 0 Å². The Kier molecular flexibility index (Phi) is 3.56. The molecule has 0 aliphatic rings. The second-order valence-corrected chi connectivity index (χ2v) is 6.16. The number of hydrogen-bond donors (Lipinski definition) is 0. The van der Waals surface area contributed by atoms with E-state index in [1.165, 1.54) is 30.3 Å². The van der Waals surface area contributed by atoms with Crippen molar-refractivity contribution in [2.24, 2.45) is 0 Å². The Labute approximate surface area is 114 Å². The lowest BCUT2D eigenvalue weighted by Gasteiger charge is -2.10. The molecule has 0 atom stereocenters. The minimum absolute atomic E-state index is 0.0270. The molecule has 1 heterocycles. The SMILES string of the molecule is CS(=O)(=O)c1ccccc1-c1cccc(C(F)(F)F)n1. The second kappa shape index (κ2) is 4.90. The van der Waals surface area contributed by atoms with Gasteiger partial charge < -0.3 is 0 Å². The Morgan fingerprint density at radius 1 is 1.00 bits per heavy atom. The predicted octanol–water partition coefficient (Wildman–Crippen LogP) is 3.17. The molecule has 2 rings (SSSR count). The van der Waals surface area contributed by atoms with Gasteiger partial charge in [0.25, 0.3) is 0 Å². The summed E-state index contributed by atoms with van der Waals surface area (Å²) >= 11 is 0. The molecule has 106 valence electrons. The van der Waals surface area contributed by atoms with Crippen LogP contribution in [0.4, 0.5) is 13.2 Å². The number of benzene rings is 1. The monoisotopic (exact) mass is 301 g/mol. The maximum atomic E-state index is 12.6. The first-order valence-corrected chi connectivity index (χ1v) is 7.42. The summed E-state index contributed by atoms with van der Waals surface area (Å²) in [6.07, 6.45) is -3.57. The van der Waals surface area contributed by atoms with Crippen molar-refractivity contribution >= 4 is 9.84 Å². The van der Waals surface area contributed by atoms with Crippen LogP contribution in [0, 0.1) is 0 Å². The van der Waals surface area contributed by atoms with Gasteiger partial charge in [0.1, 0.15) is 5.69 Å². The molecule has 0 fully saturated rings. The van der Waals surface area contributed by atoms with Crippen molar-refractivity contribution in [3.63, 3.8) is 0 Å². The molecule has 0 aliphatic carbocycles. The molecule has 7 heteroatoms. The van der Waals surface area contributed by atoms with Crippen molar-refractivity contribution in [2.45, 2.75) is 11.1 Å². The second-order valence-electron chi connectivity index (χ2n) is 4.17. The van der Waals surface area contributed by atoms with Crippen LogP contribution in [0.2, 0.25) is 0 Å². The molecule has 1 aromatic heterocycles. The smallest absolute Gasteiger partial charge is 0.243 e. The highest BCUT2D eigenvalue weighted by Crippen LogP contribution is 2.31. The highest BCUT2D eigenvalue weighted by Gasteiger charge is 2.32. The number of nitrogens with zero attached hydrogens (tertiary/aromatic N) is 1. The number of aromatic nitrogens is 1. The van der Waals surface area contributed by atoms with E-state index in [2.05, 4.69) is 4.98 Å². The minimum atomic E-state index is -4.57. The van der Waals surface area contributed by atoms with E-state index in [4.69, 9.17) is 0 Å². The third kappa shape index (κ3) is 2.98. The van der Waals surface area contributed by atoms with Gasteiger partial charge in [0.15, 0.2) is 9.84 Å². The summed E-state index contributed by atoms with van der Waals surface area (Å²) in [6.45, 7) is 0. The highest BCUT2D eigenvalue weighted by atomic mass is 32.2. The number of rotatable bonds is 2. The number of alkyl halides is 3. The van der Waals surface area contributed by atoms with Crippen molar-refractivity contribution in [1.82, 2.24) is 4.98 Å². The molecule has 0 saturated carbocycles. The van der Waals surface area contributed by atoms with Gasteiger partial charge in [-0.2, -0.15) is 13.2 Å². The predicted molar refractivity (Wildman–Crippen MR) is 67.8 cm³/mol. The fourth-order valence-corrected chi connectivity index (χ4v) is 2.64. The Bertz CT molecular complexity index is 739. The maximum Gasteiger partial charge on any atom is 0.433 e. The Hall–Kier alpha value is -1.89. The molecule has 2 aromatic rings. The van der Waals surface area contributed by atoms with E-state index in [1.54, 1.807) is 6.07 Å². The van der Waals surface area contributed by atoms with Gasteiger partial charge in [-0.05, 0) is 18.2 Å². The maximum absolute atomic E-state index is 12.6. The van der Waals surface area contributed by atoms with Crippen LogP contribution in [0.5, 0.6) is 0 Å². The lowest BCUT2D eigenvalue weighted by molar-refractivity contribution is -0.141. The van der Waals surface area contributed by atoms with Crippen LogP contribution in [0.15, 0.2) is 47.4 Å². The topological polar surface area (TPSA) is 47.0 Å². The summed E-state index contributed by atoms with van der Waals surface area (Å²) in [5.41, 5.74) is -0.930. The van der Waals surface area contributed by atoms with Crippen molar-refractivity contribution < 1.29 is 21.6 Å². The van der Waals surface area contributed by atoms with E-state index >= 15 is 0 Å². The fraction of sp³-hybridized carbons (Fsp3) is 0.154. The third-order valence-electron chi connectivity index (χ3n) is 2.60. The zero-order chi connectivity index (χ0) is 15.0. The van der Waals surface area contributed by atoms with Crippen molar-refractivity contribution in [1.29, 1.82) is 0 Å². The summed E-state index contributed by atoms with van der Waals surface area (Å²) in [6, 6.07) is 9.21. The molecule has 0 saturated heterocycles. The molecule has 0 amide bonds. The summed E-state index contributed by atoms with van der Waals surface area (Å²) in [7, 11) is -3.55. The van der Waals surface area contributed by atoms with Crippen LogP contribution in [0.3, 0.4) is 0 Å². The number of halogens is 3. The number of hydrogen-bond acceptors (Lipinski definition) is 3. The molecule has 0 aliphatic heterocycles. The first-order valence-electron chi connectivity index (χ1n) is 5.53. The minimum Gasteiger partial charge on any atom is -0.243 e. The van der Waals surface area contributed by atoms with Gasteiger partial charge >= 0.3 is 6.18 Å². The normalized spacial score (nSPS) is 12.4. The van der Waals surface area contributed by atoms with E-state index in [9.17, 15) is 21.6 Å². The Morgan fingerprint density at radius 3 is 2.25 bits per heavy atom. The third-order valence-corrected chi connectivity index (χ3v) is 3.76. The highest BCUT2D eigenvalue weighted by molar-refractivity contribution is 7.90. The molecule has 1 aromatic carbocycles. The van der Waals surface area contributed by atoms with Gasteiger partial charge in [0.05, 0.1) is 10.6 Å². The Morgan fingerprint density at radius 2 is 1.65 bits per heavy atom. The van der Waals surface area contributed by atoms with Crippen LogP contribution in [-0.2, 0) is 16.0 Å². The number of sulfone groups is 1. The molecule has 0 bridgehead atoms. The lowest BCUT2D eigenvalue weighted by atomic mass is 10.1. The van der Waals surface area contributed by atoms with Crippen LogP contribution in [0.25, 0.3) is 11.3 Å². The lowest BCUT2D eigenvalue weighted by Crippen LogP contribution is -2.08. The zero-order valence-corrected chi connectivity index (χ0v) is 11.2. The van der Waals surface area contributed by atoms with Crippen LogP contribution < -0.4 is 0 Å². The van der Waals surface area contributed by atoms with Gasteiger partial charge in [-0.25, -0.2) is 13.4 Å². The van der Waals surface area contributed by atoms with E-state index in [0.717, 1.165) is 12.3 Å². The molecular formula is C13H10F3NO2S. The van der Waals surface area contributed by atoms with E-state index < -0.39 is 21.7 Å². The van der Waals surface area contributed by atoms with E-state index in [1.807, 2.05) is 0 Å². The quantitative estimate of drug-likeness (QED) is 0.856. The zero-order valence-electron chi connectivity index (χ0n) is 10.3.